The number of rotatable bonds is 2. The van der Waals surface area contributed by atoms with Gasteiger partial charge in [-0.15, -0.1) is 0 Å². The fourth-order valence-corrected chi connectivity index (χ4v) is 2.25. The second-order valence-electron chi connectivity index (χ2n) is 4.28. The van der Waals surface area contributed by atoms with E-state index in [1.165, 1.54) is 51.4 Å². The number of hydrogen-bond donors (Lipinski definition) is 0. The fourth-order valence-electron chi connectivity index (χ4n) is 2.25. The molecule has 2 heteroatoms. The topological polar surface area (TPSA) is 18.5 Å². The average molecular weight is 200 g/mol. The summed E-state index contributed by atoms with van der Waals surface area (Å²) in [6.45, 7) is 0. The molecule has 0 aromatic rings. The van der Waals surface area contributed by atoms with E-state index in [4.69, 9.17) is 9.47 Å². The van der Waals surface area contributed by atoms with Gasteiger partial charge in [-0.25, -0.2) is 0 Å². The summed E-state index contributed by atoms with van der Waals surface area (Å²) in [6, 6.07) is 0. The van der Waals surface area contributed by atoms with Gasteiger partial charge in [0.05, 0.1) is 12.2 Å². The van der Waals surface area contributed by atoms with Crippen molar-refractivity contribution in [2.24, 2.45) is 0 Å². The highest BCUT2D eigenvalue weighted by atomic mass is 16.5. The van der Waals surface area contributed by atoms with Crippen molar-refractivity contribution in [1.82, 2.24) is 0 Å². The Labute approximate surface area is 88.0 Å². The smallest absolute Gasteiger partial charge is 0.0571 e. The third kappa shape index (κ3) is 4.43. The maximum Gasteiger partial charge on any atom is 0.0571 e. The molecular formula is C12H24O2. The molecule has 2 aliphatic carbocycles. The Balaban J connectivity index is 0.000000140. The summed E-state index contributed by atoms with van der Waals surface area (Å²) in [7, 11) is 3.60. The van der Waals surface area contributed by atoms with E-state index < -0.39 is 0 Å². The quantitative estimate of drug-likeness (QED) is 0.681. The molecule has 0 bridgehead atoms. The molecular weight excluding hydrogens is 176 g/mol. The molecule has 0 atom stereocenters. The molecule has 0 spiro atoms. The first-order chi connectivity index (χ1) is 6.86. The highest BCUT2D eigenvalue weighted by molar-refractivity contribution is 4.65. The average Bonchev–Trinajstić information content (AvgIpc) is 2.92. The Morgan fingerprint density at radius 1 is 0.643 bits per heavy atom. The van der Waals surface area contributed by atoms with Crippen LogP contribution in [0.1, 0.15) is 51.4 Å². The summed E-state index contributed by atoms with van der Waals surface area (Å²) >= 11 is 0. The van der Waals surface area contributed by atoms with Crippen molar-refractivity contribution < 1.29 is 9.47 Å². The van der Waals surface area contributed by atoms with Crippen molar-refractivity contribution >= 4 is 0 Å². The molecule has 2 saturated carbocycles. The molecule has 14 heavy (non-hydrogen) atoms. The Morgan fingerprint density at radius 2 is 0.929 bits per heavy atom. The van der Waals surface area contributed by atoms with E-state index in [2.05, 4.69) is 0 Å². The summed E-state index contributed by atoms with van der Waals surface area (Å²) in [5.41, 5.74) is 0. The molecule has 2 fully saturated rings. The van der Waals surface area contributed by atoms with Crippen molar-refractivity contribution in [2.75, 3.05) is 14.2 Å². The van der Waals surface area contributed by atoms with Crippen LogP contribution in [0.4, 0.5) is 0 Å². The Bertz CT molecular complexity index is 108. The first kappa shape index (κ1) is 12.0. The summed E-state index contributed by atoms with van der Waals surface area (Å²) in [6.07, 6.45) is 11.8. The van der Waals surface area contributed by atoms with Gasteiger partial charge in [0.15, 0.2) is 0 Å². The molecule has 0 unspecified atom stereocenters. The van der Waals surface area contributed by atoms with Crippen LogP contribution >= 0.6 is 0 Å². The maximum absolute atomic E-state index is 5.11. The molecule has 2 nitrogen and oxygen atoms in total. The molecule has 0 radical (unpaired) electrons. The second-order valence-corrected chi connectivity index (χ2v) is 4.28. The predicted molar refractivity (Wildman–Crippen MR) is 58.5 cm³/mol. The van der Waals surface area contributed by atoms with Crippen molar-refractivity contribution in [3.05, 3.63) is 0 Å². The van der Waals surface area contributed by atoms with E-state index in [1.54, 1.807) is 14.2 Å². The minimum absolute atomic E-state index is 0.597. The zero-order chi connectivity index (χ0) is 10.2. The maximum atomic E-state index is 5.11. The molecule has 0 aromatic heterocycles. The monoisotopic (exact) mass is 200 g/mol. The van der Waals surface area contributed by atoms with E-state index >= 15 is 0 Å². The van der Waals surface area contributed by atoms with Crippen LogP contribution in [0.2, 0.25) is 0 Å². The summed E-state index contributed by atoms with van der Waals surface area (Å²) < 4.78 is 10.2. The van der Waals surface area contributed by atoms with Crippen LogP contribution in [0.15, 0.2) is 0 Å². The lowest BCUT2D eigenvalue weighted by Crippen LogP contribution is -2.01. The van der Waals surface area contributed by atoms with E-state index in [0.29, 0.717) is 12.2 Å². The van der Waals surface area contributed by atoms with Gasteiger partial charge in [-0.1, -0.05) is 25.7 Å². The molecule has 2 aliphatic rings. The summed E-state index contributed by atoms with van der Waals surface area (Å²) in [5.74, 6) is 0. The van der Waals surface area contributed by atoms with Crippen LogP contribution in [-0.4, -0.2) is 26.4 Å². The van der Waals surface area contributed by atoms with Crippen LogP contribution < -0.4 is 0 Å². The number of hydrogen-bond acceptors (Lipinski definition) is 2. The van der Waals surface area contributed by atoms with Crippen molar-refractivity contribution in [3.63, 3.8) is 0 Å². The molecule has 0 N–H and O–H groups in total. The van der Waals surface area contributed by atoms with Crippen molar-refractivity contribution in [1.29, 1.82) is 0 Å². The highest BCUT2D eigenvalue weighted by Crippen LogP contribution is 2.20. The van der Waals surface area contributed by atoms with Gasteiger partial charge in [-0.2, -0.15) is 0 Å². The highest BCUT2D eigenvalue weighted by Gasteiger charge is 2.12. The standard InChI is InChI=1S/2C6H12O/c2*1-7-6-4-2-3-5-6/h2*6H,2-5H2,1H3. The van der Waals surface area contributed by atoms with Gasteiger partial charge in [-0.3, -0.25) is 0 Å². The van der Waals surface area contributed by atoms with Gasteiger partial charge in [-0.05, 0) is 25.7 Å². The molecule has 2 rings (SSSR count). The van der Waals surface area contributed by atoms with Gasteiger partial charge in [0.1, 0.15) is 0 Å². The molecule has 0 amide bonds. The van der Waals surface area contributed by atoms with Crippen molar-refractivity contribution in [2.45, 2.75) is 63.6 Å². The molecule has 0 aromatic carbocycles. The second kappa shape index (κ2) is 7.24. The van der Waals surface area contributed by atoms with Crippen molar-refractivity contribution in [3.8, 4) is 0 Å². The normalized spacial score (nSPS) is 23.6. The minimum atomic E-state index is 0.597. The van der Waals surface area contributed by atoms with E-state index in [-0.39, 0.29) is 0 Å². The van der Waals surface area contributed by atoms with Crippen LogP contribution in [0.25, 0.3) is 0 Å². The van der Waals surface area contributed by atoms with Gasteiger partial charge < -0.3 is 9.47 Å². The lowest BCUT2D eigenvalue weighted by Gasteiger charge is -2.02. The van der Waals surface area contributed by atoms with E-state index in [0.717, 1.165) is 0 Å². The predicted octanol–water partition coefficient (Wildman–Crippen LogP) is 3.15. The number of ether oxygens (including phenoxy) is 2. The lowest BCUT2D eigenvalue weighted by atomic mass is 10.3. The summed E-state index contributed by atoms with van der Waals surface area (Å²) in [4.78, 5) is 0. The third-order valence-corrected chi connectivity index (χ3v) is 3.27. The van der Waals surface area contributed by atoms with Gasteiger partial charge >= 0.3 is 0 Å². The third-order valence-electron chi connectivity index (χ3n) is 3.27. The minimum Gasteiger partial charge on any atom is -0.381 e. The zero-order valence-electron chi connectivity index (χ0n) is 9.63. The van der Waals surface area contributed by atoms with E-state index in [1.807, 2.05) is 0 Å². The SMILES string of the molecule is COC1CCCC1.COC1CCCC1. The van der Waals surface area contributed by atoms with Crippen LogP contribution in [-0.2, 0) is 9.47 Å². The van der Waals surface area contributed by atoms with Crippen LogP contribution in [0, 0.1) is 0 Å². The van der Waals surface area contributed by atoms with Gasteiger partial charge in [0.2, 0.25) is 0 Å². The van der Waals surface area contributed by atoms with Gasteiger partial charge in [0, 0.05) is 14.2 Å². The Hall–Kier alpha value is -0.0800. The molecule has 0 heterocycles. The molecule has 84 valence electrons. The van der Waals surface area contributed by atoms with E-state index in [9.17, 15) is 0 Å². The Morgan fingerprint density at radius 3 is 1.07 bits per heavy atom. The first-order valence-electron chi connectivity index (χ1n) is 5.92. The van der Waals surface area contributed by atoms with Gasteiger partial charge in [0.25, 0.3) is 0 Å². The summed E-state index contributed by atoms with van der Waals surface area (Å²) in [5, 5.41) is 0. The first-order valence-corrected chi connectivity index (χ1v) is 5.92. The van der Waals surface area contributed by atoms with Crippen LogP contribution in [0.5, 0.6) is 0 Å². The molecule has 0 saturated heterocycles. The number of methoxy groups -OCH3 is 2. The fraction of sp³-hybridized carbons (Fsp3) is 1.00. The molecule has 0 aliphatic heterocycles. The van der Waals surface area contributed by atoms with Crippen LogP contribution in [0.3, 0.4) is 0 Å². The largest absolute Gasteiger partial charge is 0.381 e. The Kier molecular flexibility index (Phi) is 6.20. The zero-order valence-corrected chi connectivity index (χ0v) is 9.63. The lowest BCUT2D eigenvalue weighted by molar-refractivity contribution is 0.109.